The Labute approximate surface area is 121 Å². The number of hydrogen-bond acceptors (Lipinski definition) is 3. The van der Waals surface area contributed by atoms with E-state index in [0.717, 1.165) is 6.42 Å². The molecule has 0 aliphatic rings. The summed E-state index contributed by atoms with van der Waals surface area (Å²) >= 11 is 0. The number of guanidine groups is 1. The summed E-state index contributed by atoms with van der Waals surface area (Å²) in [7, 11) is 1.65. The first kappa shape index (κ1) is 19.0. The van der Waals surface area contributed by atoms with Gasteiger partial charge in [0.1, 0.15) is 0 Å². The molecule has 0 amide bonds. The molecular formula is C11H24IN3O2. The summed E-state index contributed by atoms with van der Waals surface area (Å²) in [4.78, 5) is 4.12. The summed E-state index contributed by atoms with van der Waals surface area (Å²) in [6.07, 6.45) is 2.69. The second kappa shape index (κ2) is 13.7. The van der Waals surface area contributed by atoms with Crippen molar-refractivity contribution in [3.63, 3.8) is 0 Å². The summed E-state index contributed by atoms with van der Waals surface area (Å²) in [6.45, 7) is 8.02. The molecule has 0 aromatic rings. The Kier molecular flexibility index (Phi) is 15.3. The van der Waals surface area contributed by atoms with Gasteiger partial charge in [-0.25, -0.2) is 0 Å². The highest BCUT2D eigenvalue weighted by Crippen LogP contribution is 1.84. The first-order valence-electron chi connectivity index (χ1n) is 5.44. The van der Waals surface area contributed by atoms with Gasteiger partial charge in [0.25, 0.3) is 0 Å². The zero-order chi connectivity index (χ0) is 12.2. The van der Waals surface area contributed by atoms with Crippen molar-refractivity contribution in [2.75, 3.05) is 33.5 Å². The van der Waals surface area contributed by atoms with Crippen LogP contribution in [0.1, 0.15) is 13.3 Å². The van der Waals surface area contributed by atoms with E-state index >= 15 is 0 Å². The van der Waals surface area contributed by atoms with E-state index in [0.29, 0.717) is 32.3 Å². The topological polar surface area (TPSA) is 68.9 Å². The molecule has 3 N–H and O–H groups in total. The molecule has 6 heteroatoms. The second-order valence-corrected chi connectivity index (χ2v) is 3.46. The lowest BCUT2D eigenvalue weighted by Gasteiger charge is -2.12. The molecule has 102 valence electrons. The van der Waals surface area contributed by atoms with Gasteiger partial charge in [-0.05, 0) is 13.3 Å². The van der Waals surface area contributed by atoms with Gasteiger partial charge in [0.05, 0.1) is 26.4 Å². The van der Waals surface area contributed by atoms with Crippen LogP contribution in [0.15, 0.2) is 17.6 Å². The Bertz CT molecular complexity index is 213. The van der Waals surface area contributed by atoms with Crippen LogP contribution in [-0.2, 0) is 9.47 Å². The van der Waals surface area contributed by atoms with Crippen molar-refractivity contribution in [1.29, 1.82) is 0 Å². The van der Waals surface area contributed by atoms with Crippen molar-refractivity contribution in [3.05, 3.63) is 12.7 Å². The molecule has 0 aliphatic carbocycles. The van der Waals surface area contributed by atoms with Crippen molar-refractivity contribution < 1.29 is 9.47 Å². The maximum absolute atomic E-state index is 5.66. The number of methoxy groups -OCH3 is 1. The lowest BCUT2D eigenvalue weighted by Crippen LogP contribution is -2.40. The predicted octanol–water partition coefficient (Wildman–Crippen LogP) is 1.14. The lowest BCUT2D eigenvalue weighted by atomic mass is 10.4. The Morgan fingerprint density at radius 3 is 2.82 bits per heavy atom. The Hall–Kier alpha value is -0.340. The van der Waals surface area contributed by atoms with Crippen LogP contribution in [0.2, 0.25) is 0 Å². The molecule has 0 saturated carbocycles. The predicted molar refractivity (Wildman–Crippen MR) is 82.0 cm³/mol. The van der Waals surface area contributed by atoms with Crippen molar-refractivity contribution in [2.24, 2.45) is 10.7 Å². The van der Waals surface area contributed by atoms with Crippen LogP contribution in [0.3, 0.4) is 0 Å². The molecular weight excluding hydrogens is 333 g/mol. The summed E-state index contributed by atoms with van der Waals surface area (Å²) in [5, 5.41) is 3.01. The second-order valence-electron chi connectivity index (χ2n) is 3.46. The molecule has 0 rings (SSSR count). The van der Waals surface area contributed by atoms with E-state index in [1.807, 2.05) is 13.0 Å². The van der Waals surface area contributed by atoms with Crippen LogP contribution in [-0.4, -0.2) is 45.5 Å². The molecule has 5 nitrogen and oxygen atoms in total. The van der Waals surface area contributed by atoms with E-state index in [1.54, 1.807) is 7.11 Å². The number of nitrogens with one attached hydrogen (secondary N) is 1. The fourth-order valence-corrected chi connectivity index (χ4v) is 1.09. The quantitative estimate of drug-likeness (QED) is 0.214. The van der Waals surface area contributed by atoms with Crippen molar-refractivity contribution in [1.82, 2.24) is 5.32 Å². The van der Waals surface area contributed by atoms with Gasteiger partial charge in [-0.2, -0.15) is 0 Å². The molecule has 0 fully saturated rings. The average molecular weight is 357 g/mol. The van der Waals surface area contributed by atoms with Crippen LogP contribution in [0.5, 0.6) is 0 Å². The number of hydrogen-bond donors (Lipinski definition) is 2. The Morgan fingerprint density at radius 2 is 2.24 bits per heavy atom. The molecule has 0 saturated heterocycles. The largest absolute Gasteiger partial charge is 0.383 e. The molecule has 1 atom stereocenters. The highest BCUT2D eigenvalue weighted by molar-refractivity contribution is 14.0. The van der Waals surface area contributed by atoms with E-state index in [9.17, 15) is 0 Å². The molecule has 0 bridgehead atoms. The van der Waals surface area contributed by atoms with Crippen LogP contribution < -0.4 is 11.1 Å². The van der Waals surface area contributed by atoms with Gasteiger partial charge < -0.3 is 20.5 Å². The van der Waals surface area contributed by atoms with E-state index in [1.165, 1.54) is 0 Å². The minimum atomic E-state index is 0. The number of ether oxygens (including phenoxy) is 2. The monoisotopic (exact) mass is 357 g/mol. The summed E-state index contributed by atoms with van der Waals surface area (Å²) in [5.74, 6) is 0.428. The van der Waals surface area contributed by atoms with Gasteiger partial charge in [0.2, 0.25) is 0 Å². The lowest BCUT2D eigenvalue weighted by molar-refractivity contribution is 0.146. The minimum absolute atomic E-state index is 0. The van der Waals surface area contributed by atoms with Crippen LogP contribution in [0.4, 0.5) is 0 Å². The first-order valence-corrected chi connectivity index (χ1v) is 5.44. The number of aliphatic imine (C=N–C) groups is 1. The van der Waals surface area contributed by atoms with Crippen LogP contribution in [0, 0.1) is 0 Å². The van der Waals surface area contributed by atoms with E-state index in [4.69, 9.17) is 15.2 Å². The number of nitrogens with zero attached hydrogens (tertiary/aromatic N) is 1. The number of nitrogens with two attached hydrogens (primary N) is 1. The molecule has 0 radical (unpaired) electrons. The van der Waals surface area contributed by atoms with Crippen LogP contribution in [0.25, 0.3) is 0 Å². The first-order chi connectivity index (χ1) is 7.70. The van der Waals surface area contributed by atoms with E-state index in [-0.39, 0.29) is 30.0 Å². The van der Waals surface area contributed by atoms with Crippen LogP contribution >= 0.6 is 24.0 Å². The van der Waals surface area contributed by atoms with Gasteiger partial charge in [-0.1, -0.05) is 6.08 Å². The minimum Gasteiger partial charge on any atom is -0.383 e. The fraction of sp³-hybridized carbons (Fsp3) is 0.727. The van der Waals surface area contributed by atoms with E-state index < -0.39 is 0 Å². The smallest absolute Gasteiger partial charge is 0.188 e. The maximum Gasteiger partial charge on any atom is 0.188 e. The van der Waals surface area contributed by atoms with Crippen molar-refractivity contribution >= 4 is 29.9 Å². The van der Waals surface area contributed by atoms with E-state index in [2.05, 4.69) is 16.9 Å². The van der Waals surface area contributed by atoms with Gasteiger partial charge >= 0.3 is 0 Å². The highest BCUT2D eigenvalue weighted by atomic mass is 127. The van der Waals surface area contributed by atoms with Gasteiger partial charge in [-0.3, -0.25) is 4.99 Å². The molecule has 0 heterocycles. The Morgan fingerprint density at radius 1 is 1.53 bits per heavy atom. The zero-order valence-electron chi connectivity index (χ0n) is 10.6. The van der Waals surface area contributed by atoms with Gasteiger partial charge in [0.15, 0.2) is 5.96 Å². The zero-order valence-corrected chi connectivity index (χ0v) is 13.0. The molecule has 0 aromatic heterocycles. The van der Waals surface area contributed by atoms with Crippen molar-refractivity contribution in [3.8, 4) is 0 Å². The normalized spacial score (nSPS) is 12.7. The van der Waals surface area contributed by atoms with Gasteiger partial charge in [-0.15, -0.1) is 30.6 Å². The Balaban J connectivity index is 0. The molecule has 17 heavy (non-hydrogen) atoms. The average Bonchev–Trinajstić information content (AvgIpc) is 2.23. The summed E-state index contributed by atoms with van der Waals surface area (Å²) in [6, 6.07) is 0.162. The maximum atomic E-state index is 5.66. The molecule has 1 unspecified atom stereocenters. The van der Waals surface area contributed by atoms with Crippen molar-refractivity contribution in [2.45, 2.75) is 19.4 Å². The SMILES string of the molecule is C=CCCOCCN=C(N)NC(C)COC.I. The molecule has 0 aromatic carbocycles. The standard InChI is InChI=1S/C11H23N3O2.HI/c1-4-5-7-16-8-6-13-11(12)14-10(2)9-15-3;/h4,10H,1,5-9H2,2-3H3,(H3,12,13,14);1H. The molecule has 0 spiro atoms. The number of halogens is 1. The third-order valence-electron chi connectivity index (χ3n) is 1.80. The fourth-order valence-electron chi connectivity index (χ4n) is 1.09. The molecule has 0 aliphatic heterocycles. The summed E-state index contributed by atoms with van der Waals surface area (Å²) < 4.78 is 10.3. The van der Waals surface area contributed by atoms with Gasteiger partial charge in [0, 0.05) is 13.2 Å². The third kappa shape index (κ3) is 13.6. The number of rotatable bonds is 9. The third-order valence-corrected chi connectivity index (χ3v) is 1.80. The highest BCUT2D eigenvalue weighted by Gasteiger charge is 2.00. The summed E-state index contributed by atoms with van der Waals surface area (Å²) in [5.41, 5.74) is 5.66.